The Hall–Kier alpha value is -3.35. The van der Waals surface area contributed by atoms with E-state index < -0.39 is 5.97 Å². The minimum atomic E-state index is -0.395. The Morgan fingerprint density at radius 3 is 2.18 bits per heavy atom. The van der Waals surface area contributed by atoms with Crippen molar-refractivity contribution in [2.24, 2.45) is 0 Å². The molecule has 0 aliphatic carbocycles. The molecule has 0 N–H and O–H groups in total. The zero-order chi connectivity index (χ0) is 20.1. The van der Waals surface area contributed by atoms with Gasteiger partial charge in [0.1, 0.15) is 5.75 Å². The number of benzene rings is 2. The van der Waals surface area contributed by atoms with Crippen molar-refractivity contribution in [2.75, 3.05) is 28.1 Å². The van der Waals surface area contributed by atoms with E-state index in [-0.39, 0.29) is 6.79 Å². The highest BCUT2D eigenvalue weighted by atomic mass is 16.7. The molecule has 0 spiro atoms. The van der Waals surface area contributed by atoms with Crippen molar-refractivity contribution in [1.29, 1.82) is 0 Å². The van der Waals surface area contributed by atoms with E-state index in [1.807, 2.05) is 30.4 Å². The van der Waals surface area contributed by atoms with Crippen LogP contribution in [0.1, 0.15) is 18.1 Å². The van der Waals surface area contributed by atoms with Crippen LogP contribution < -0.4 is 28.4 Å². The number of ether oxygens (including phenoxy) is 6. The van der Waals surface area contributed by atoms with E-state index >= 15 is 0 Å². The summed E-state index contributed by atoms with van der Waals surface area (Å²) in [6, 6.07) is 7.20. The van der Waals surface area contributed by atoms with Crippen LogP contribution in [-0.4, -0.2) is 34.1 Å². The summed E-state index contributed by atoms with van der Waals surface area (Å²) < 4.78 is 32.2. The molecule has 1 heterocycles. The molecule has 28 heavy (non-hydrogen) atoms. The van der Waals surface area contributed by atoms with Crippen molar-refractivity contribution in [3.63, 3.8) is 0 Å². The molecule has 0 aromatic heterocycles. The van der Waals surface area contributed by atoms with Crippen LogP contribution in [0.25, 0.3) is 6.08 Å². The van der Waals surface area contributed by atoms with E-state index in [1.54, 1.807) is 27.4 Å². The quantitative estimate of drug-likeness (QED) is 0.531. The summed E-state index contributed by atoms with van der Waals surface area (Å²) in [5, 5.41) is 0. The monoisotopic (exact) mass is 386 g/mol. The van der Waals surface area contributed by atoms with E-state index in [2.05, 4.69) is 0 Å². The largest absolute Gasteiger partial charge is 0.493 e. The third kappa shape index (κ3) is 4.14. The van der Waals surface area contributed by atoms with Gasteiger partial charge in [0.05, 0.1) is 21.3 Å². The molecule has 0 bridgehead atoms. The van der Waals surface area contributed by atoms with Gasteiger partial charge in [-0.25, -0.2) is 0 Å². The molecule has 2 aromatic carbocycles. The maximum Gasteiger partial charge on any atom is 0.308 e. The third-order valence-electron chi connectivity index (χ3n) is 4.14. The summed E-state index contributed by atoms with van der Waals surface area (Å²) >= 11 is 0. The van der Waals surface area contributed by atoms with Crippen molar-refractivity contribution in [2.45, 2.75) is 13.3 Å². The van der Waals surface area contributed by atoms with E-state index in [1.165, 1.54) is 6.92 Å². The Morgan fingerprint density at radius 2 is 1.61 bits per heavy atom. The summed E-state index contributed by atoms with van der Waals surface area (Å²) in [6.45, 7) is 1.51. The zero-order valence-corrected chi connectivity index (χ0v) is 16.2. The first kappa shape index (κ1) is 19.4. The van der Waals surface area contributed by atoms with Gasteiger partial charge in [-0.2, -0.15) is 0 Å². The lowest BCUT2D eigenvalue weighted by Crippen LogP contribution is -2.03. The summed E-state index contributed by atoms with van der Waals surface area (Å²) in [4.78, 5) is 11.4. The minimum absolute atomic E-state index is 0.152. The fourth-order valence-electron chi connectivity index (χ4n) is 2.89. The van der Waals surface area contributed by atoms with Gasteiger partial charge >= 0.3 is 5.97 Å². The van der Waals surface area contributed by atoms with Gasteiger partial charge in [0.2, 0.25) is 12.5 Å². The average Bonchev–Trinajstić information content (AvgIpc) is 3.13. The Bertz CT molecular complexity index is 877. The predicted octanol–water partition coefficient (Wildman–Crippen LogP) is 3.62. The number of methoxy groups -OCH3 is 3. The van der Waals surface area contributed by atoms with Crippen LogP contribution in [0.5, 0.6) is 34.5 Å². The predicted molar refractivity (Wildman–Crippen MR) is 103 cm³/mol. The lowest BCUT2D eigenvalue weighted by atomic mass is 10.1. The van der Waals surface area contributed by atoms with Gasteiger partial charge in [0.25, 0.3) is 0 Å². The molecule has 2 aromatic rings. The first-order valence-corrected chi connectivity index (χ1v) is 8.63. The van der Waals surface area contributed by atoms with Crippen LogP contribution in [0.2, 0.25) is 0 Å². The maximum atomic E-state index is 11.4. The lowest BCUT2D eigenvalue weighted by molar-refractivity contribution is -0.131. The summed E-state index contributed by atoms with van der Waals surface area (Å²) in [5.74, 6) is 2.94. The second-order valence-corrected chi connectivity index (χ2v) is 5.97. The molecule has 0 unspecified atom stereocenters. The molecule has 1 aliphatic heterocycles. The molecular weight excluding hydrogens is 364 g/mol. The number of fused-ring (bicyclic) bond motifs is 1. The van der Waals surface area contributed by atoms with Crippen LogP contribution in [0, 0.1) is 0 Å². The van der Waals surface area contributed by atoms with Gasteiger partial charge in [-0.1, -0.05) is 12.2 Å². The Balaban J connectivity index is 1.86. The molecule has 0 saturated heterocycles. The molecule has 7 heteroatoms. The Kier molecular flexibility index (Phi) is 5.93. The van der Waals surface area contributed by atoms with E-state index in [0.29, 0.717) is 40.9 Å². The van der Waals surface area contributed by atoms with E-state index in [9.17, 15) is 4.79 Å². The molecule has 0 radical (unpaired) electrons. The van der Waals surface area contributed by atoms with Crippen molar-refractivity contribution in [1.82, 2.24) is 0 Å². The van der Waals surface area contributed by atoms with Gasteiger partial charge in [0, 0.05) is 18.6 Å². The molecule has 0 atom stereocenters. The first-order valence-electron chi connectivity index (χ1n) is 8.63. The van der Waals surface area contributed by atoms with Crippen molar-refractivity contribution >= 4 is 12.0 Å². The van der Waals surface area contributed by atoms with Crippen LogP contribution >= 0.6 is 0 Å². The summed E-state index contributed by atoms with van der Waals surface area (Å²) in [5.41, 5.74) is 1.69. The third-order valence-corrected chi connectivity index (χ3v) is 4.14. The van der Waals surface area contributed by atoms with Gasteiger partial charge < -0.3 is 28.4 Å². The first-order chi connectivity index (χ1) is 13.5. The van der Waals surface area contributed by atoms with Gasteiger partial charge in [-0.15, -0.1) is 0 Å². The molecule has 0 fully saturated rings. The summed E-state index contributed by atoms with van der Waals surface area (Å²) in [7, 11) is 4.71. The number of rotatable bonds is 7. The number of esters is 1. The fraction of sp³-hybridized carbons (Fsp3) is 0.286. The SMILES string of the molecule is COc1cc(C=CCc2cc3c(cc2OC(C)=O)OCO3)cc(OC)c1OC. The number of allylic oxidation sites excluding steroid dienone is 1. The fourth-order valence-corrected chi connectivity index (χ4v) is 2.89. The van der Waals surface area contributed by atoms with Gasteiger partial charge in [-0.3, -0.25) is 4.79 Å². The second kappa shape index (κ2) is 8.56. The molecule has 7 nitrogen and oxygen atoms in total. The molecular formula is C21H22O7. The normalized spacial score (nSPS) is 12.1. The zero-order valence-electron chi connectivity index (χ0n) is 16.2. The van der Waals surface area contributed by atoms with Crippen molar-refractivity contribution in [3.8, 4) is 34.5 Å². The lowest BCUT2D eigenvalue weighted by Gasteiger charge is -2.13. The average molecular weight is 386 g/mol. The van der Waals surface area contributed by atoms with Crippen LogP contribution in [0.15, 0.2) is 30.3 Å². The van der Waals surface area contributed by atoms with E-state index in [4.69, 9.17) is 28.4 Å². The van der Waals surface area contributed by atoms with Crippen molar-refractivity contribution < 1.29 is 33.2 Å². The summed E-state index contributed by atoms with van der Waals surface area (Å²) in [6.07, 6.45) is 4.40. The number of carbonyl (C=O) groups is 1. The van der Waals surface area contributed by atoms with Crippen LogP contribution in [-0.2, 0) is 11.2 Å². The highest BCUT2D eigenvalue weighted by Gasteiger charge is 2.18. The topological polar surface area (TPSA) is 72.5 Å². The molecule has 1 aliphatic rings. The van der Waals surface area contributed by atoms with E-state index in [0.717, 1.165) is 11.1 Å². The number of carbonyl (C=O) groups excluding carboxylic acids is 1. The Labute approximate surface area is 163 Å². The smallest absolute Gasteiger partial charge is 0.308 e. The Morgan fingerprint density at radius 1 is 0.964 bits per heavy atom. The molecule has 148 valence electrons. The molecule has 0 saturated carbocycles. The second-order valence-electron chi connectivity index (χ2n) is 5.97. The minimum Gasteiger partial charge on any atom is -0.493 e. The van der Waals surface area contributed by atoms with Crippen LogP contribution in [0.3, 0.4) is 0 Å². The molecule has 0 amide bonds. The number of hydrogen-bond donors (Lipinski definition) is 0. The number of hydrogen-bond acceptors (Lipinski definition) is 7. The van der Waals surface area contributed by atoms with Crippen molar-refractivity contribution in [3.05, 3.63) is 41.5 Å². The maximum absolute atomic E-state index is 11.4. The van der Waals surface area contributed by atoms with Gasteiger partial charge in [-0.05, 0) is 30.2 Å². The van der Waals surface area contributed by atoms with Crippen LogP contribution in [0.4, 0.5) is 0 Å². The highest BCUT2D eigenvalue weighted by molar-refractivity contribution is 5.71. The standard InChI is InChI=1S/C21H22O7/c1-13(22)28-16-11-18-17(26-12-27-18)10-15(16)7-5-6-14-8-19(23-2)21(25-4)20(9-14)24-3/h5-6,8-11H,7,12H2,1-4H3. The van der Waals surface area contributed by atoms with Gasteiger partial charge in [0.15, 0.2) is 23.0 Å². The molecule has 3 rings (SSSR count). The highest BCUT2D eigenvalue weighted by Crippen LogP contribution is 2.40.